The van der Waals surface area contributed by atoms with Gasteiger partial charge >= 0.3 is 11.0 Å². The molecule has 1 amide bonds. The summed E-state index contributed by atoms with van der Waals surface area (Å²) in [6.45, 7) is 4.23. The van der Waals surface area contributed by atoms with Crippen molar-refractivity contribution in [1.82, 2.24) is 20.1 Å². The molecule has 136 valence electrons. The minimum atomic E-state index is -4.42. The van der Waals surface area contributed by atoms with E-state index in [9.17, 15) is 22.8 Å². The Hall–Kier alpha value is -1.39. The van der Waals surface area contributed by atoms with Crippen LogP contribution in [-0.2, 0) is 11.3 Å². The van der Waals surface area contributed by atoms with Crippen LogP contribution in [0.4, 0.5) is 13.2 Å². The maximum Gasteiger partial charge on any atom is 0.405 e. The standard InChI is InChI=1S/C14H21F3N4O2S/c1-9-10(2)24-13(23)21(9)8-12(22)19-7-11(14(15,16)17)20-5-3-18-4-6-20/h11,18H,3-8H2,1-2H3,(H,19,22). The Labute approximate surface area is 141 Å². The predicted molar refractivity (Wildman–Crippen MR) is 85.3 cm³/mol. The maximum atomic E-state index is 13.2. The van der Waals surface area contributed by atoms with E-state index in [4.69, 9.17) is 0 Å². The molecule has 2 rings (SSSR count). The van der Waals surface area contributed by atoms with Crippen molar-refractivity contribution < 1.29 is 18.0 Å². The van der Waals surface area contributed by atoms with E-state index >= 15 is 0 Å². The summed E-state index contributed by atoms with van der Waals surface area (Å²) in [4.78, 5) is 25.6. The van der Waals surface area contributed by atoms with Gasteiger partial charge in [-0.05, 0) is 13.8 Å². The summed E-state index contributed by atoms with van der Waals surface area (Å²) in [6, 6.07) is -1.72. The lowest BCUT2D eigenvalue weighted by Crippen LogP contribution is -2.57. The van der Waals surface area contributed by atoms with Crippen molar-refractivity contribution in [1.29, 1.82) is 0 Å². The minimum absolute atomic E-state index is 0.263. The van der Waals surface area contributed by atoms with Crippen molar-refractivity contribution in [2.45, 2.75) is 32.6 Å². The molecular weight excluding hydrogens is 345 g/mol. The average Bonchev–Trinajstić information content (AvgIpc) is 2.73. The SMILES string of the molecule is Cc1sc(=O)n(CC(=O)NCC(N2CCNCC2)C(F)(F)F)c1C. The highest BCUT2D eigenvalue weighted by molar-refractivity contribution is 7.09. The van der Waals surface area contributed by atoms with Crippen LogP contribution in [0.2, 0.25) is 0 Å². The zero-order valence-electron chi connectivity index (χ0n) is 13.6. The Morgan fingerprint density at radius 1 is 1.33 bits per heavy atom. The van der Waals surface area contributed by atoms with Gasteiger partial charge in [0.05, 0.1) is 0 Å². The highest BCUT2D eigenvalue weighted by Gasteiger charge is 2.43. The molecule has 6 nitrogen and oxygen atoms in total. The third-order valence-corrected chi connectivity index (χ3v) is 5.14. The molecule has 24 heavy (non-hydrogen) atoms. The smallest absolute Gasteiger partial charge is 0.353 e. The second-order valence-electron chi connectivity index (χ2n) is 5.74. The van der Waals surface area contributed by atoms with E-state index in [1.807, 2.05) is 0 Å². The molecule has 0 aromatic carbocycles. The molecule has 1 aliphatic heterocycles. The fourth-order valence-electron chi connectivity index (χ4n) is 2.63. The second kappa shape index (κ2) is 7.66. The van der Waals surface area contributed by atoms with Gasteiger partial charge in [0.25, 0.3) is 0 Å². The first kappa shape index (κ1) is 18.9. The lowest BCUT2D eigenvalue weighted by atomic mass is 10.2. The highest BCUT2D eigenvalue weighted by atomic mass is 32.1. The van der Waals surface area contributed by atoms with Crippen molar-refractivity contribution in [3.8, 4) is 0 Å². The largest absolute Gasteiger partial charge is 0.405 e. The van der Waals surface area contributed by atoms with E-state index in [1.165, 1.54) is 9.47 Å². The van der Waals surface area contributed by atoms with Crippen LogP contribution in [0.3, 0.4) is 0 Å². The van der Waals surface area contributed by atoms with E-state index in [0.29, 0.717) is 18.8 Å². The van der Waals surface area contributed by atoms with Gasteiger partial charge in [0.15, 0.2) is 0 Å². The summed E-state index contributed by atoms with van der Waals surface area (Å²) >= 11 is 1.02. The molecule has 2 heterocycles. The van der Waals surface area contributed by atoms with Gasteiger partial charge in [-0.1, -0.05) is 11.3 Å². The summed E-state index contributed by atoms with van der Waals surface area (Å²) in [5.74, 6) is -0.595. The fraction of sp³-hybridized carbons (Fsp3) is 0.714. The summed E-state index contributed by atoms with van der Waals surface area (Å²) in [5, 5.41) is 5.32. The number of aromatic nitrogens is 1. The van der Waals surface area contributed by atoms with Crippen LogP contribution in [0.1, 0.15) is 10.6 Å². The van der Waals surface area contributed by atoms with E-state index in [-0.39, 0.29) is 24.5 Å². The Morgan fingerprint density at radius 2 is 1.96 bits per heavy atom. The number of halogens is 3. The van der Waals surface area contributed by atoms with Crippen molar-refractivity contribution >= 4 is 17.2 Å². The van der Waals surface area contributed by atoms with Crippen molar-refractivity contribution in [2.75, 3.05) is 32.7 Å². The lowest BCUT2D eigenvalue weighted by Gasteiger charge is -2.35. The minimum Gasteiger partial charge on any atom is -0.353 e. The van der Waals surface area contributed by atoms with Crippen LogP contribution < -0.4 is 15.5 Å². The number of carbonyl (C=O) groups excluding carboxylic acids is 1. The zero-order chi connectivity index (χ0) is 17.9. The van der Waals surface area contributed by atoms with Crippen molar-refractivity contribution in [3.05, 3.63) is 20.2 Å². The lowest BCUT2D eigenvalue weighted by molar-refractivity contribution is -0.184. The van der Waals surface area contributed by atoms with Crippen molar-refractivity contribution in [3.63, 3.8) is 0 Å². The third-order valence-electron chi connectivity index (χ3n) is 4.14. The number of hydrogen-bond acceptors (Lipinski definition) is 5. The van der Waals surface area contributed by atoms with Crippen LogP contribution in [-0.4, -0.2) is 60.3 Å². The molecule has 1 saturated heterocycles. The van der Waals surface area contributed by atoms with Gasteiger partial charge in [0.1, 0.15) is 12.6 Å². The molecule has 1 unspecified atom stereocenters. The van der Waals surface area contributed by atoms with Crippen LogP contribution >= 0.6 is 11.3 Å². The van der Waals surface area contributed by atoms with Gasteiger partial charge in [-0.3, -0.25) is 19.1 Å². The van der Waals surface area contributed by atoms with Gasteiger partial charge < -0.3 is 10.6 Å². The Balaban J connectivity index is 1.98. The number of nitrogens with one attached hydrogen (secondary N) is 2. The molecule has 1 aliphatic rings. The van der Waals surface area contributed by atoms with E-state index in [2.05, 4.69) is 10.6 Å². The Bertz CT molecular complexity index is 635. The fourth-order valence-corrected chi connectivity index (χ4v) is 3.46. The van der Waals surface area contributed by atoms with Crippen molar-refractivity contribution in [2.24, 2.45) is 0 Å². The van der Waals surface area contributed by atoms with E-state index in [0.717, 1.165) is 16.2 Å². The first-order valence-corrected chi connectivity index (χ1v) is 8.47. The second-order valence-corrected chi connectivity index (χ2v) is 6.91. The maximum absolute atomic E-state index is 13.2. The quantitative estimate of drug-likeness (QED) is 0.796. The van der Waals surface area contributed by atoms with E-state index < -0.39 is 24.7 Å². The molecule has 1 atom stereocenters. The molecule has 1 fully saturated rings. The molecule has 0 bridgehead atoms. The number of hydrogen-bond donors (Lipinski definition) is 2. The van der Waals surface area contributed by atoms with Gasteiger partial charge in [-0.25, -0.2) is 0 Å². The highest BCUT2D eigenvalue weighted by Crippen LogP contribution is 2.24. The normalized spacial score (nSPS) is 17.7. The predicted octanol–water partition coefficient (Wildman–Crippen LogP) is 0.479. The van der Waals surface area contributed by atoms with Gasteiger partial charge in [-0.2, -0.15) is 13.2 Å². The van der Waals surface area contributed by atoms with Crippen LogP contribution in [0.15, 0.2) is 4.79 Å². The first-order chi connectivity index (χ1) is 11.2. The molecule has 0 spiro atoms. The Kier molecular flexibility index (Phi) is 6.05. The van der Waals surface area contributed by atoms with E-state index in [1.54, 1.807) is 13.8 Å². The number of alkyl halides is 3. The molecule has 10 heteroatoms. The molecule has 0 aliphatic carbocycles. The summed E-state index contributed by atoms with van der Waals surface area (Å²) in [7, 11) is 0. The summed E-state index contributed by atoms with van der Waals surface area (Å²) in [6.07, 6.45) is -4.42. The number of aryl methyl sites for hydroxylation is 1. The number of carbonyl (C=O) groups is 1. The number of piperazine rings is 1. The Morgan fingerprint density at radius 3 is 2.46 bits per heavy atom. The molecule has 1 aromatic heterocycles. The van der Waals surface area contributed by atoms with Crippen LogP contribution in [0, 0.1) is 13.8 Å². The molecular formula is C14H21F3N4O2S. The van der Waals surface area contributed by atoms with Gasteiger partial charge in [0.2, 0.25) is 5.91 Å². The zero-order valence-corrected chi connectivity index (χ0v) is 14.4. The van der Waals surface area contributed by atoms with Gasteiger partial charge in [-0.15, -0.1) is 0 Å². The monoisotopic (exact) mass is 366 g/mol. The first-order valence-electron chi connectivity index (χ1n) is 7.65. The van der Waals surface area contributed by atoms with Gasteiger partial charge in [0, 0.05) is 43.3 Å². The van der Waals surface area contributed by atoms with Crippen LogP contribution in [0.25, 0.3) is 0 Å². The van der Waals surface area contributed by atoms with Crippen LogP contribution in [0.5, 0.6) is 0 Å². The summed E-state index contributed by atoms with van der Waals surface area (Å²) < 4.78 is 41.0. The summed E-state index contributed by atoms with van der Waals surface area (Å²) in [5.41, 5.74) is 0.662. The number of amides is 1. The molecule has 1 aromatic rings. The number of thiazole rings is 1. The molecule has 2 N–H and O–H groups in total. The molecule has 0 saturated carbocycles. The number of nitrogens with zero attached hydrogens (tertiary/aromatic N) is 2. The topological polar surface area (TPSA) is 66.4 Å². The third kappa shape index (κ3) is 4.58. The number of rotatable bonds is 5. The average molecular weight is 366 g/mol. The molecule has 0 radical (unpaired) electrons.